The number of hydrogen-bond donors (Lipinski definition) is 1. The van der Waals surface area contributed by atoms with E-state index in [2.05, 4.69) is 5.16 Å². The third-order valence-corrected chi connectivity index (χ3v) is 12.4. The number of halogens is 3. The predicted octanol–water partition coefficient (Wildman–Crippen LogP) is 2.93. The molecule has 0 aliphatic carbocycles. The number of phenolic OH excluding ortho intramolecular Hbond substituents is 1. The summed E-state index contributed by atoms with van der Waals surface area (Å²) in [6, 6.07) is 6.38. The minimum atomic E-state index is -4.94. The first kappa shape index (κ1) is 17.9. The van der Waals surface area contributed by atoms with Crippen LogP contribution in [0.5, 0.6) is 5.75 Å². The van der Waals surface area contributed by atoms with E-state index in [1.165, 1.54) is 18.2 Å². The number of carbonyl (C=O) groups excluding carboxylic acids is 1. The molecule has 1 aromatic heterocycles. The Bertz CT molecular complexity index is 875. The van der Waals surface area contributed by atoms with Crippen molar-refractivity contribution in [2.45, 2.75) is 20.0 Å². The molecule has 0 saturated heterocycles. The molecule has 25 heavy (non-hydrogen) atoms. The summed E-state index contributed by atoms with van der Waals surface area (Å²) in [6.07, 6.45) is -3.66. The van der Waals surface area contributed by atoms with E-state index in [4.69, 9.17) is 4.52 Å². The zero-order valence-electron chi connectivity index (χ0n) is 13.4. The zero-order valence-corrected chi connectivity index (χ0v) is 16.7. The number of hydrogen-bond acceptors (Lipinski definition) is 4. The number of benzene rings is 1. The van der Waals surface area contributed by atoms with Crippen LogP contribution in [0.1, 0.15) is 17.0 Å². The van der Waals surface area contributed by atoms with Gasteiger partial charge in [0.1, 0.15) is 0 Å². The Morgan fingerprint density at radius 3 is 2.36 bits per heavy atom. The average molecular weight is 451 g/mol. The van der Waals surface area contributed by atoms with E-state index < -0.39 is 33.4 Å². The van der Waals surface area contributed by atoms with E-state index in [1.54, 1.807) is 29.8 Å². The number of phenols is 1. The Kier molecular flexibility index (Phi) is 4.57. The molecule has 0 fully saturated rings. The van der Waals surface area contributed by atoms with Crippen LogP contribution >= 0.6 is 0 Å². The molecule has 0 spiro atoms. The molecule has 3 rings (SSSR count). The summed E-state index contributed by atoms with van der Waals surface area (Å²) in [4.78, 5) is 11.9. The molecule has 1 aromatic carbocycles. The fraction of sp³-hybridized carbons (Fsp3) is 0.176. The van der Waals surface area contributed by atoms with E-state index in [0.717, 1.165) is 3.32 Å². The number of aromatic hydroxyl groups is 1. The maximum atomic E-state index is 13.0. The minimum absolute atomic E-state index is 0.0754. The van der Waals surface area contributed by atoms with Gasteiger partial charge in [0.15, 0.2) is 0 Å². The van der Waals surface area contributed by atoms with Gasteiger partial charge in [-0.05, 0) is 0 Å². The van der Waals surface area contributed by atoms with Crippen molar-refractivity contribution in [3.05, 3.63) is 56.8 Å². The van der Waals surface area contributed by atoms with Crippen molar-refractivity contribution in [2.24, 2.45) is 0 Å². The first-order chi connectivity index (χ1) is 11.7. The fourth-order valence-corrected chi connectivity index (χ4v) is 11.6. The van der Waals surface area contributed by atoms with Gasteiger partial charge in [-0.25, -0.2) is 0 Å². The van der Waals surface area contributed by atoms with Gasteiger partial charge in [-0.2, -0.15) is 0 Å². The van der Waals surface area contributed by atoms with E-state index >= 15 is 0 Å². The summed E-state index contributed by atoms with van der Waals surface area (Å²) in [7, 11) is 0. The third-order valence-electron chi connectivity index (χ3n) is 4.11. The van der Waals surface area contributed by atoms with Crippen molar-refractivity contribution >= 4 is 33.9 Å². The number of rotatable bonds is 3. The second kappa shape index (κ2) is 6.40. The molecule has 0 unspecified atom stereocenters. The maximum absolute atomic E-state index is 13.0. The molecule has 0 saturated carbocycles. The summed E-state index contributed by atoms with van der Waals surface area (Å²) in [5.74, 6) is -1.38. The SMILES string of the molecule is Cc1noc(C)c1[C]1=C(C(=O)C(F)(F)F)C=[CH][In]1[c]1ccc(O)cc1. The van der Waals surface area contributed by atoms with Gasteiger partial charge in [0.05, 0.1) is 0 Å². The van der Waals surface area contributed by atoms with Crippen molar-refractivity contribution in [3.63, 3.8) is 0 Å². The molecule has 0 bridgehead atoms. The summed E-state index contributed by atoms with van der Waals surface area (Å²) >= 11 is -3.10. The summed E-state index contributed by atoms with van der Waals surface area (Å²) in [5.41, 5.74) is 0.631. The Labute approximate surface area is 149 Å². The average Bonchev–Trinajstić information content (AvgIpc) is 3.10. The monoisotopic (exact) mass is 451 g/mol. The van der Waals surface area contributed by atoms with Crippen LogP contribution < -0.4 is 3.32 Å². The van der Waals surface area contributed by atoms with Crippen LogP contribution in [0, 0.1) is 13.8 Å². The van der Waals surface area contributed by atoms with E-state index in [-0.39, 0.29) is 11.3 Å². The number of allylic oxidation sites excluding steroid dienone is 2. The standard InChI is InChI=1S/C11H8F3NO2.C6H5O.In/c1-4-8(10(16)11(12,13)14)5-9-6(2)15-17-7(9)3;7-6-4-2-1-3-5-6;/h1,4H,2-3H3;2-5,7H;. The van der Waals surface area contributed by atoms with Crippen LogP contribution in [0.25, 0.3) is 3.33 Å². The molecule has 4 nitrogen and oxygen atoms in total. The van der Waals surface area contributed by atoms with Crippen LogP contribution in [0.15, 0.2) is 44.3 Å². The van der Waals surface area contributed by atoms with Crippen molar-refractivity contribution < 1.29 is 27.6 Å². The number of alkyl halides is 3. The Hall–Kier alpha value is -1.96. The predicted molar refractivity (Wildman–Crippen MR) is 86.6 cm³/mol. The normalized spacial score (nSPS) is 14.5. The second-order valence-corrected chi connectivity index (χ2v) is 13.2. The van der Waals surface area contributed by atoms with Crippen LogP contribution in [0.2, 0.25) is 0 Å². The van der Waals surface area contributed by atoms with Gasteiger partial charge in [-0.1, -0.05) is 0 Å². The Morgan fingerprint density at radius 1 is 1.20 bits per heavy atom. The molecule has 8 heteroatoms. The first-order valence-corrected chi connectivity index (χ1v) is 12.7. The number of aromatic nitrogens is 1. The third kappa shape index (κ3) is 3.27. The molecule has 2 aromatic rings. The first-order valence-electron chi connectivity index (χ1n) is 7.46. The van der Waals surface area contributed by atoms with Gasteiger partial charge < -0.3 is 0 Å². The molecule has 1 N–H and O–H groups in total. The molecule has 128 valence electrons. The van der Waals surface area contributed by atoms with Crippen molar-refractivity contribution in [1.29, 1.82) is 0 Å². The van der Waals surface area contributed by atoms with Crippen molar-refractivity contribution in [2.75, 3.05) is 0 Å². The van der Waals surface area contributed by atoms with Crippen LogP contribution in [0.4, 0.5) is 13.2 Å². The zero-order chi connectivity index (χ0) is 18.4. The summed E-state index contributed by atoms with van der Waals surface area (Å²) in [5, 5.41) is 13.3. The Balaban J connectivity index is 2.21. The molecule has 0 amide bonds. The van der Waals surface area contributed by atoms with Crippen molar-refractivity contribution in [3.8, 4) is 5.75 Å². The number of ketones is 1. The quantitative estimate of drug-likeness (QED) is 0.780. The number of carbonyl (C=O) groups is 1. The molecule has 1 aliphatic rings. The van der Waals surface area contributed by atoms with E-state index in [0.29, 0.717) is 20.3 Å². The Morgan fingerprint density at radius 2 is 1.84 bits per heavy atom. The summed E-state index contributed by atoms with van der Waals surface area (Å²) < 4.78 is 47.2. The number of Topliss-reactive ketones (excluding diaryl/α,β-unsaturated/α-hetero) is 1. The van der Waals surface area contributed by atoms with Crippen LogP contribution in [-0.4, -0.2) is 43.7 Å². The molecule has 0 atom stereocenters. The fourth-order valence-electron chi connectivity index (χ4n) is 3.01. The van der Waals surface area contributed by atoms with Crippen LogP contribution in [-0.2, 0) is 4.79 Å². The molecule has 2 heterocycles. The van der Waals surface area contributed by atoms with Crippen molar-refractivity contribution in [1.82, 2.24) is 5.16 Å². The van der Waals surface area contributed by atoms with Gasteiger partial charge in [0.2, 0.25) is 0 Å². The van der Waals surface area contributed by atoms with Gasteiger partial charge in [-0.15, -0.1) is 0 Å². The van der Waals surface area contributed by atoms with E-state index in [9.17, 15) is 23.1 Å². The van der Waals surface area contributed by atoms with Gasteiger partial charge in [-0.3, -0.25) is 0 Å². The molecule has 0 radical (unpaired) electrons. The molecular weight excluding hydrogens is 438 g/mol. The molecule has 1 aliphatic heterocycles. The number of aryl methyl sites for hydroxylation is 2. The van der Waals surface area contributed by atoms with Crippen LogP contribution in [0.3, 0.4) is 0 Å². The van der Waals surface area contributed by atoms with Gasteiger partial charge in [0, 0.05) is 0 Å². The van der Waals surface area contributed by atoms with E-state index in [1.807, 2.05) is 0 Å². The summed E-state index contributed by atoms with van der Waals surface area (Å²) in [6.45, 7) is 3.27. The molecular formula is C17H13F3InNO3. The topological polar surface area (TPSA) is 63.3 Å². The van der Waals surface area contributed by atoms with Gasteiger partial charge >= 0.3 is 149 Å². The van der Waals surface area contributed by atoms with Gasteiger partial charge in [0.25, 0.3) is 0 Å². The number of nitrogens with zero attached hydrogens (tertiary/aromatic N) is 1. The second-order valence-electron chi connectivity index (χ2n) is 5.78.